The number of hydrogen-bond donors (Lipinski definition) is 2. The van der Waals surface area contributed by atoms with Crippen LogP contribution in [0.1, 0.15) is 52.4 Å². The van der Waals surface area contributed by atoms with Crippen molar-refractivity contribution in [2.45, 2.75) is 57.9 Å². The van der Waals surface area contributed by atoms with Crippen LogP contribution in [0.25, 0.3) is 0 Å². The van der Waals surface area contributed by atoms with Gasteiger partial charge in [0, 0.05) is 39.0 Å². The van der Waals surface area contributed by atoms with Gasteiger partial charge in [0.15, 0.2) is 0 Å². The van der Waals surface area contributed by atoms with Crippen molar-refractivity contribution in [1.82, 2.24) is 20.4 Å². The maximum Gasteiger partial charge on any atom is 0.322 e. The monoisotopic (exact) mass is 352 g/mol. The third-order valence-electron chi connectivity index (χ3n) is 5.22. The molecule has 0 aromatic rings. The number of urea groups is 1. The molecule has 3 amide bonds. The van der Waals surface area contributed by atoms with Crippen LogP contribution in [-0.2, 0) is 9.59 Å². The van der Waals surface area contributed by atoms with Crippen LogP contribution in [0, 0.1) is 0 Å². The molecule has 7 heteroatoms. The van der Waals surface area contributed by atoms with E-state index in [1.165, 1.54) is 6.42 Å². The number of hydrogen-bond acceptors (Lipinski definition) is 5. The second kappa shape index (κ2) is 9.29. The van der Waals surface area contributed by atoms with Gasteiger partial charge in [-0.3, -0.25) is 14.9 Å². The van der Waals surface area contributed by atoms with Gasteiger partial charge in [0.1, 0.15) is 11.3 Å². The van der Waals surface area contributed by atoms with Crippen molar-refractivity contribution in [3.8, 4) is 0 Å². The molecule has 3 fully saturated rings. The van der Waals surface area contributed by atoms with Crippen molar-refractivity contribution in [3.63, 3.8) is 0 Å². The summed E-state index contributed by atoms with van der Waals surface area (Å²) in [6.45, 7) is 10.3. The third-order valence-corrected chi connectivity index (χ3v) is 5.22. The van der Waals surface area contributed by atoms with Crippen LogP contribution < -0.4 is 10.6 Å². The third kappa shape index (κ3) is 5.51. The van der Waals surface area contributed by atoms with Gasteiger partial charge >= 0.3 is 6.03 Å². The summed E-state index contributed by atoms with van der Waals surface area (Å²) in [6, 6.07) is -0.344. The first-order chi connectivity index (χ1) is 12.0. The highest BCUT2D eigenvalue weighted by Gasteiger charge is 2.47. The standard InChI is InChI=1S/C10H17N3O2.C8H15NO/c1-2-5-13-6-3-10(4-7-13)8(14)11-9(15)12-10;1-2-5-9-6-3-8(10)4-7-9/h2-7H2,1H3,(H2,11,12,14,15);2-7H2,1H3. The van der Waals surface area contributed by atoms with Crippen molar-refractivity contribution < 1.29 is 14.4 Å². The molecule has 25 heavy (non-hydrogen) atoms. The lowest BCUT2D eigenvalue weighted by molar-refractivity contribution is -0.125. The molecule has 3 rings (SSSR count). The summed E-state index contributed by atoms with van der Waals surface area (Å²) in [5.41, 5.74) is -0.610. The number of amides is 3. The van der Waals surface area contributed by atoms with E-state index in [0.717, 1.165) is 71.4 Å². The van der Waals surface area contributed by atoms with E-state index in [9.17, 15) is 14.4 Å². The number of Topliss-reactive ketones (excluding diaryl/α,β-unsaturated/α-hetero) is 1. The minimum Gasteiger partial charge on any atom is -0.323 e. The predicted molar refractivity (Wildman–Crippen MR) is 96.3 cm³/mol. The van der Waals surface area contributed by atoms with E-state index in [-0.39, 0.29) is 11.9 Å². The van der Waals surface area contributed by atoms with Crippen LogP contribution in [0.15, 0.2) is 0 Å². The minimum absolute atomic E-state index is 0.149. The molecule has 3 saturated heterocycles. The van der Waals surface area contributed by atoms with Gasteiger partial charge in [0.05, 0.1) is 0 Å². The molecule has 0 aromatic carbocycles. The summed E-state index contributed by atoms with van der Waals surface area (Å²) in [5.74, 6) is 0.288. The van der Waals surface area contributed by atoms with E-state index in [1.807, 2.05) is 0 Å². The first-order valence-corrected chi connectivity index (χ1v) is 9.59. The summed E-state index contributed by atoms with van der Waals surface area (Å²) in [5, 5.41) is 5.07. The number of rotatable bonds is 4. The lowest BCUT2D eigenvalue weighted by Crippen LogP contribution is -2.54. The Morgan fingerprint density at radius 1 is 0.880 bits per heavy atom. The van der Waals surface area contributed by atoms with Crippen molar-refractivity contribution in [1.29, 1.82) is 0 Å². The number of carbonyl (C=O) groups is 3. The Balaban J connectivity index is 0.000000196. The zero-order valence-electron chi connectivity index (χ0n) is 15.6. The Labute approximate surface area is 150 Å². The SMILES string of the molecule is CCCN1CCC(=O)CC1.CCCN1CCC2(CC1)NC(=O)NC2=O. The average molecular weight is 352 g/mol. The molecule has 3 aliphatic heterocycles. The van der Waals surface area contributed by atoms with Crippen LogP contribution in [-0.4, -0.2) is 72.3 Å². The fourth-order valence-corrected chi connectivity index (χ4v) is 3.70. The van der Waals surface area contributed by atoms with Crippen molar-refractivity contribution >= 4 is 17.7 Å². The molecule has 0 atom stereocenters. The van der Waals surface area contributed by atoms with Crippen LogP contribution in [0.4, 0.5) is 4.79 Å². The molecular weight excluding hydrogens is 320 g/mol. The molecule has 2 N–H and O–H groups in total. The number of imide groups is 1. The molecule has 0 aliphatic carbocycles. The number of carbonyl (C=O) groups excluding carboxylic acids is 3. The van der Waals surface area contributed by atoms with E-state index in [4.69, 9.17) is 0 Å². The fraction of sp³-hybridized carbons (Fsp3) is 0.833. The van der Waals surface area contributed by atoms with E-state index >= 15 is 0 Å². The largest absolute Gasteiger partial charge is 0.323 e. The van der Waals surface area contributed by atoms with Crippen LogP contribution in [0.2, 0.25) is 0 Å². The van der Waals surface area contributed by atoms with Crippen LogP contribution in [0.3, 0.4) is 0 Å². The lowest BCUT2D eigenvalue weighted by Gasteiger charge is -2.36. The molecule has 7 nitrogen and oxygen atoms in total. The number of nitrogens with one attached hydrogen (secondary N) is 2. The molecule has 3 aliphatic rings. The number of ketones is 1. The van der Waals surface area contributed by atoms with E-state index in [1.54, 1.807) is 0 Å². The van der Waals surface area contributed by atoms with E-state index < -0.39 is 5.54 Å². The first-order valence-electron chi connectivity index (χ1n) is 9.59. The summed E-state index contributed by atoms with van der Waals surface area (Å²) in [4.78, 5) is 38.2. The topological polar surface area (TPSA) is 81.8 Å². The molecule has 0 radical (unpaired) electrons. The quantitative estimate of drug-likeness (QED) is 0.742. The molecule has 3 heterocycles. The van der Waals surface area contributed by atoms with Crippen molar-refractivity contribution in [3.05, 3.63) is 0 Å². The molecule has 0 unspecified atom stereocenters. The summed E-state index contributed by atoms with van der Waals surface area (Å²) >= 11 is 0. The van der Waals surface area contributed by atoms with Crippen LogP contribution >= 0.6 is 0 Å². The van der Waals surface area contributed by atoms with E-state index in [0.29, 0.717) is 5.78 Å². The minimum atomic E-state index is -0.610. The van der Waals surface area contributed by atoms with Gasteiger partial charge in [0.2, 0.25) is 0 Å². The second-order valence-electron chi connectivity index (χ2n) is 7.21. The Bertz CT molecular complexity index is 477. The lowest BCUT2D eigenvalue weighted by atomic mass is 9.88. The number of likely N-dealkylation sites (tertiary alicyclic amines) is 2. The normalized spacial score (nSPS) is 23.8. The van der Waals surface area contributed by atoms with Gasteiger partial charge < -0.3 is 15.1 Å². The van der Waals surface area contributed by atoms with Crippen molar-refractivity contribution in [2.75, 3.05) is 39.3 Å². The average Bonchev–Trinajstić information content (AvgIpc) is 2.86. The smallest absolute Gasteiger partial charge is 0.322 e. The Hall–Kier alpha value is -1.47. The Morgan fingerprint density at radius 2 is 1.40 bits per heavy atom. The fourth-order valence-electron chi connectivity index (χ4n) is 3.70. The summed E-state index contributed by atoms with van der Waals surface area (Å²) in [6.07, 6.45) is 5.34. The van der Waals surface area contributed by atoms with E-state index in [2.05, 4.69) is 34.3 Å². The van der Waals surface area contributed by atoms with Gasteiger partial charge in [-0.15, -0.1) is 0 Å². The highest BCUT2D eigenvalue weighted by molar-refractivity contribution is 6.07. The predicted octanol–water partition coefficient (Wildman–Crippen LogP) is 1.13. The van der Waals surface area contributed by atoms with Crippen molar-refractivity contribution in [2.24, 2.45) is 0 Å². The molecule has 1 spiro atoms. The zero-order valence-corrected chi connectivity index (χ0v) is 15.6. The van der Waals surface area contributed by atoms with Gasteiger partial charge in [-0.05, 0) is 38.8 Å². The molecule has 0 saturated carbocycles. The van der Waals surface area contributed by atoms with Gasteiger partial charge in [-0.1, -0.05) is 13.8 Å². The Kier molecular flexibility index (Phi) is 7.38. The van der Waals surface area contributed by atoms with Crippen LogP contribution in [0.5, 0.6) is 0 Å². The molecule has 0 bridgehead atoms. The van der Waals surface area contributed by atoms with Gasteiger partial charge in [-0.25, -0.2) is 4.79 Å². The summed E-state index contributed by atoms with van der Waals surface area (Å²) < 4.78 is 0. The number of nitrogens with zero attached hydrogens (tertiary/aromatic N) is 2. The maximum atomic E-state index is 11.6. The Morgan fingerprint density at radius 3 is 1.84 bits per heavy atom. The molecular formula is C18H32N4O3. The highest BCUT2D eigenvalue weighted by Crippen LogP contribution is 2.25. The maximum absolute atomic E-state index is 11.6. The van der Waals surface area contributed by atoms with Gasteiger partial charge in [-0.2, -0.15) is 0 Å². The molecule has 0 aromatic heterocycles. The second-order valence-corrected chi connectivity index (χ2v) is 7.21. The first kappa shape index (κ1) is 19.8. The summed E-state index contributed by atoms with van der Waals surface area (Å²) in [7, 11) is 0. The van der Waals surface area contributed by atoms with Gasteiger partial charge in [0.25, 0.3) is 5.91 Å². The zero-order chi connectivity index (χ0) is 18.3. The highest BCUT2D eigenvalue weighted by atomic mass is 16.2. The molecule has 142 valence electrons. The number of piperidine rings is 2.